The van der Waals surface area contributed by atoms with E-state index in [4.69, 9.17) is 16.2 Å². The van der Waals surface area contributed by atoms with E-state index in [1.807, 2.05) is 0 Å². The molecule has 7 nitrogen and oxygen atoms in total. The third-order valence-electron chi connectivity index (χ3n) is 3.84. The first-order valence-corrected chi connectivity index (χ1v) is 7.18. The zero-order valence-electron chi connectivity index (χ0n) is 12.2. The number of likely N-dealkylation sites (tertiary alicyclic amines) is 1. The van der Waals surface area contributed by atoms with E-state index in [1.54, 1.807) is 24.3 Å². The van der Waals surface area contributed by atoms with Crippen molar-refractivity contribution >= 4 is 23.5 Å². The van der Waals surface area contributed by atoms with Crippen LogP contribution in [0.2, 0.25) is 0 Å². The highest BCUT2D eigenvalue weighted by Gasteiger charge is 2.23. The van der Waals surface area contributed by atoms with Crippen molar-refractivity contribution in [2.45, 2.75) is 19.3 Å². The number of carboxylic acid groups (broad SMARTS) is 1. The highest BCUT2D eigenvalue weighted by Crippen LogP contribution is 2.21. The van der Waals surface area contributed by atoms with Crippen LogP contribution in [0.1, 0.15) is 24.8 Å². The Labute approximate surface area is 128 Å². The number of nitrogens with one attached hydrogen (secondary N) is 2. The molecule has 0 saturated carbocycles. The molecule has 2 rings (SSSR count). The van der Waals surface area contributed by atoms with Crippen molar-refractivity contribution in [1.29, 1.82) is 5.41 Å². The normalized spacial score (nSPS) is 15.4. The van der Waals surface area contributed by atoms with Gasteiger partial charge in [-0.2, -0.15) is 0 Å². The maximum absolute atomic E-state index is 12.0. The van der Waals surface area contributed by atoms with E-state index >= 15 is 0 Å². The first-order valence-electron chi connectivity index (χ1n) is 7.18. The summed E-state index contributed by atoms with van der Waals surface area (Å²) in [4.78, 5) is 24.2. The van der Waals surface area contributed by atoms with Gasteiger partial charge in [-0.25, -0.2) is 4.79 Å². The van der Waals surface area contributed by atoms with Crippen LogP contribution in [0.25, 0.3) is 0 Å². The van der Waals surface area contributed by atoms with E-state index in [1.165, 1.54) is 4.90 Å². The highest BCUT2D eigenvalue weighted by atomic mass is 16.4. The van der Waals surface area contributed by atoms with E-state index in [0.29, 0.717) is 43.6 Å². The minimum atomic E-state index is -0.895. The van der Waals surface area contributed by atoms with Gasteiger partial charge in [-0.05, 0) is 43.0 Å². The number of nitrogens with two attached hydrogens (primary N) is 1. The molecule has 1 aromatic rings. The quantitative estimate of drug-likeness (QED) is 0.499. The molecule has 0 radical (unpaired) electrons. The number of hydrogen-bond acceptors (Lipinski definition) is 3. The van der Waals surface area contributed by atoms with Crippen molar-refractivity contribution in [2.75, 3.05) is 18.4 Å². The van der Waals surface area contributed by atoms with Crippen molar-refractivity contribution < 1.29 is 14.7 Å². The molecule has 7 heteroatoms. The van der Waals surface area contributed by atoms with Gasteiger partial charge in [-0.3, -0.25) is 10.2 Å². The van der Waals surface area contributed by atoms with Crippen LogP contribution in [0.5, 0.6) is 0 Å². The zero-order valence-corrected chi connectivity index (χ0v) is 12.2. The molecular formula is C15H20N4O3. The van der Waals surface area contributed by atoms with Crippen LogP contribution in [0.3, 0.4) is 0 Å². The lowest BCUT2D eigenvalue weighted by molar-refractivity contribution is -0.117. The number of hydrogen-bond donors (Lipinski definition) is 4. The van der Waals surface area contributed by atoms with E-state index in [-0.39, 0.29) is 17.7 Å². The Balaban J connectivity index is 1.81. The minimum Gasteiger partial charge on any atom is -0.465 e. The van der Waals surface area contributed by atoms with Crippen LogP contribution in [0.4, 0.5) is 10.5 Å². The Kier molecular flexibility index (Phi) is 4.98. The Hall–Kier alpha value is -2.57. The second-order valence-corrected chi connectivity index (χ2v) is 5.46. The topological polar surface area (TPSA) is 120 Å². The SMILES string of the molecule is N=C(N)c1ccc(NC(=O)CC2CCN(C(=O)O)CC2)cc1. The van der Waals surface area contributed by atoms with Crippen LogP contribution in [0.15, 0.2) is 24.3 Å². The smallest absolute Gasteiger partial charge is 0.407 e. The summed E-state index contributed by atoms with van der Waals surface area (Å²) < 4.78 is 0. The third kappa shape index (κ3) is 4.21. The van der Waals surface area contributed by atoms with Crippen molar-refractivity contribution in [1.82, 2.24) is 4.90 Å². The fraction of sp³-hybridized carbons (Fsp3) is 0.400. The maximum atomic E-state index is 12.0. The predicted molar refractivity (Wildman–Crippen MR) is 83.0 cm³/mol. The zero-order chi connectivity index (χ0) is 16.1. The molecule has 0 bridgehead atoms. The summed E-state index contributed by atoms with van der Waals surface area (Å²) in [6.07, 6.45) is 0.918. The number of amides is 2. The van der Waals surface area contributed by atoms with Gasteiger partial charge in [-0.15, -0.1) is 0 Å². The van der Waals surface area contributed by atoms with Crippen LogP contribution < -0.4 is 11.1 Å². The van der Waals surface area contributed by atoms with Crippen LogP contribution in [-0.2, 0) is 4.79 Å². The van der Waals surface area contributed by atoms with Gasteiger partial charge in [0.05, 0.1) is 0 Å². The number of nitrogen functional groups attached to an aromatic ring is 1. The predicted octanol–water partition coefficient (Wildman–Crippen LogP) is 1.69. The average molecular weight is 304 g/mol. The fourth-order valence-corrected chi connectivity index (χ4v) is 2.54. The van der Waals surface area contributed by atoms with Gasteiger partial charge in [0.25, 0.3) is 0 Å². The van der Waals surface area contributed by atoms with E-state index in [2.05, 4.69) is 5.32 Å². The fourth-order valence-electron chi connectivity index (χ4n) is 2.54. The molecule has 0 spiro atoms. The molecule has 0 atom stereocenters. The van der Waals surface area contributed by atoms with Crippen molar-refractivity contribution in [3.05, 3.63) is 29.8 Å². The largest absolute Gasteiger partial charge is 0.465 e. The van der Waals surface area contributed by atoms with Crippen molar-refractivity contribution in [2.24, 2.45) is 11.7 Å². The molecule has 0 unspecified atom stereocenters. The van der Waals surface area contributed by atoms with Crippen molar-refractivity contribution in [3.63, 3.8) is 0 Å². The van der Waals surface area contributed by atoms with E-state index in [0.717, 1.165) is 0 Å². The second-order valence-electron chi connectivity index (χ2n) is 5.46. The number of nitrogens with zero attached hydrogens (tertiary/aromatic N) is 1. The lowest BCUT2D eigenvalue weighted by Crippen LogP contribution is -2.38. The first-order chi connectivity index (χ1) is 10.5. The molecule has 1 heterocycles. The van der Waals surface area contributed by atoms with Gasteiger partial charge >= 0.3 is 6.09 Å². The molecule has 0 aromatic heterocycles. The van der Waals surface area contributed by atoms with E-state index < -0.39 is 6.09 Å². The van der Waals surface area contributed by atoms with Gasteiger partial charge < -0.3 is 21.1 Å². The lowest BCUT2D eigenvalue weighted by Gasteiger charge is -2.29. The molecule has 1 aliphatic rings. The number of carbonyl (C=O) groups is 2. The van der Waals surface area contributed by atoms with Gasteiger partial charge in [-0.1, -0.05) is 0 Å². The van der Waals surface area contributed by atoms with Gasteiger partial charge in [0, 0.05) is 30.8 Å². The number of carbonyl (C=O) groups excluding carboxylic acids is 1. The standard InChI is InChI=1S/C15H20N4O3/c16-14(17)11-1-3-12(4-2-11)18-13(20)9-10-5-7-19(8-6-10)15(21)22/h1-4,10H,5-9H2,(H3,16,17)(H,18,20)(H,21,22). The third-order valence-corrected chi connectivity index (χ3v) is 3.84. The summed E-state index contributed by atoms with van der Waals surface area (Å²) in [5.74, 6) is 0.125. The Morgan fingerprint density at radius 3 is 2.36 bits per heavy atom. The van der Waals surface area contributed by atoms with Gasteiger partial charge in [0.15, 0.2) is 0 Å². The molecule has 22 heavy (non-hydrogen) atoms. The van der Waals surface area contributed by atoms with Crippen LogP contribution in [-0.4, -0.2) is 40.9 Å². The number of amidine groups is 1. The maximum Gasteiger partial charge on any atom is 0.407 e. The molecule has 1 aliphatic heterocycles. The minimum absolute atomic E-state index is 0.0110. The summed E-state index contributed by atoms with van der Waals surface area (Å²) in [7, 11) is 0. The van der Waals surface area contributed by atoms with Crippen LogP contribution >= 0.6 is 0 Å². The van der Waals surface area contributed by atoms with Crippen LogP contribution in [0, 0.1) is 11.3 Å². The molecule has 1 saturated heterocycles. The van der Waals surface area contributed by atoms with Gasteiger partial charge in [0.1, 0.15) is 5.84 Å². The summed E-state index contributed by atoms with van der Waals surface area (Å²) in [6.45, 7) is 0.973. The molecule has 0 aliphatic carbocycles. The summed E-state index contributed by atoms with van der Waals surface area (Å²) in [5, 5.41) is 19.0. The first kappa shape index (κ1) is 15.8. The molecule has 5 N–H and O–H groups in total. The Bertz CT molecular complexity index is 563. The van der Waals surface area contributed by atoms with Gasteiger partial charge in [0.2, 0.25) is 5.91 Å². The summed E-state index contributed by atoms with van der Waals surface area (Å²) >= 11 is 0. The molecule has 1 aromatic carbocycles. The Morgan fingerprint density at radius 1 is 1.27 bits per heavy atom. The monoisotopic (exact) mass is 304 g/mol. The Morgan fingerprint density at radius 2 is 1.86 bits per heavy atom. The molecule has 2 amide bonds. The summed E-state index contributed by atoms with van der Waals surface area (Å²) in [5.41, 5.74) is 6.65. The molecule has 1 fully saturated rings. The number of anilines is 1. The molecule has 118 valence electrons. The lowest BCUT2D eigenvalue weighted by atomic mass is 9.93. The number of rotatable bonds is 4. The molecular weight excluding hydrogens is 284 g/mol. The summed E-state index contributed by atoms with van der Waals surface area (Å²) in [6, 6.07) is 6.79. The highest BCUT2D eigenvalue weighted by molar-refractivity contribution is 5.96. The number of piperidine rings is 1. The van der Waals surface area contributed by atoms with Crippen molar-refractivity contribution in [3.8, 4) is 0 Å². The van der Waals surface area contributed by atoms with E-state index in [9.17, 15) is 9.59 Å². The number of benzene rings is 1. The second kappa shape index (κ2) is 6.93. The average Bonchev–Trinajstić information content (AvgIpc) is 2.48.